The van der Waals surface area contributed by atoms with E-state index in [1.807, 2.05) is 13.8 Å². The van der Waals surface area contributed by atoms with Gasteiger partial charge in [0.15, 0.2) is 0 Å². The highest BCUT2D eigenvalue weighted by Crippen LogP contribution is 2.37. The van der Waals surface area contributed by atoms with E-state index in [4.69, 9.17) is 5.84 Å². The molecule has 1 heterocycles. The number of hydrogen-bond donors (Lipinski definition) is 2. The summed E-state index contributed by atoms with van der Waals surface area (Å²) in [6.07, 6.45) is 2.17. The van der Waals surface area contributed by atoms with Gasteiger partial charge in [0.25, 0.3) is 0 Å². The van der Waals surface area contributed by atoms with Crippen molar-refractivity contribution in [1.82, 2.24) is 9.97 Å². The van der Waals surface area contributed by atoms with Gasteiger partial charge in [-0.05, 0) is 37.8 Å². The molecule has 98 valence electrons. The third-order valence-corrected chi connectivity index (χ3v) is 3.99. The Morgan fingerprint density at radius 1 is 1.21 bits per heavy atom. The second-order valence-corrected chi connectivity index (χ2v) is 5.08. The van der Waals surface area contributed by atoms with Gasteiger partial charge in [0.1, 0.15) is 11.6 Å². The van der Waals surface area contributed by atoms with Crippen LogP contribution in [-0.2, 0) is 6.42 Å². The van der Waals surface area contributed by atoms with Crippen molar-refractivity contribution in [1.29, 1.82) is 0 Å². The third kappa shape index (κ3) is 1.98. The fourth-order valence-electron chi connectivity index (χ4n) is 2.77. The summed E-state index contributed by atoms with van der Waals surface area (Å²) >= 11 is 0. The zero-order valence-corrected chi connectivity index (χ0v) is 11.3. The van der Waals surface area contributed by atoms with Crippen LogP contribution in [0.3, 0.4) is 0 Å². The maximum Gasteiger partial charge on any atom is 0.146 e. The van der Waals surface area contributed by atoms with Gasteiger partial charge in [-0.25, -0.2) is 15.8 Å². The molecular weight excluding hydrogens is 236 g/mol. The fraction of sp³-hybridized carbons (Fsp3) is 0.333. The lowest BCUT2D eigenvalue weighted by atomic mass is 10.0. The Labute approximate surface area is 113 Å². The Morgan fingerprint density at radius 2 is 2.00 bits per heavy atom. The van der Waals surface area contributed by atoms with Crippen molar-refractivity contribution in [3.63, 3.8) is 0 Å². The minimum absolute atomic E-state index is 0.294. The van der Waals surface area contributed by atoms with Gasteiger partial charge in [-0.1, -0.05) is 24.3 Å². The molecule has 0 fully saturated rings. The van der Waals surface area contributed by atoms with Crippen LogP contribution in [0.15, 0.2) is 24.3 Å². The Kier molecular flexibility index (Phi) is 2.95. The fourth-order valence-corrected chi connectivity index (χ4v) is 2.77. The number of aromatic nitrogens is 2. The van der Waals surface area contributed by atoms with Gasteiger partial charge < -0.3 is 5.43 Å². The highest BCUT2D eigenvalue weighted by atomic mass is 15.3. The summed E-state index contributed by atoms with van der Waals surface area (Å²) < 4.78 is 0. The Bertz CT molecular complexity index is 622. The summed E-state index contributed by atoms with van der Waals surface area (Å²) in [6, 6.07) is 8.55. The summed E-state index contributed by atoms with van der Waals surface area (Å²) in [4.78, 5) is 9.24. The molecule has 2 aromatic rings. The van der Waals surface area contributed by atoms with E-state index in [0.29, 0.717) is 5.92 Å². The molecule has 0 bridgehead atoms. The molecule has 3 N–H and O–H groups in total. The van der Waals surface area contributed by atoms with Crippen molar-refractivity contribution in [2.24, 2.45) is 5.84 Å². The number of rotatable bonds is 2. The molecule has 0 saturated heterocycles. The molecule has 0 saturated carbocycles. The second-order valence-electron chi connectivity index (χ2n) is 5.08. The van der Waals surface area contributed by atoms with Crippen molar-refractivity contribution in [3.8, 4) is 0 Å². The molecule has 0 spiro atoms. The highest BCUT2D eigenvalue weighted by Gasteiger charge is 2.26. The minimum Gasteiger partial charge on any atom is -0.308 e. The number of aryl methyl sites for hydroxylation is 2. The average molecular weight is 254 g/mol. The van der Waals surface area contributed by atoms with Crippen LogP contribution in [0.2, 0.25) is 0 Å². The molecule has 1 unspecified atom stereocenters. The maximum absolute atomic E-state index is 5.54. The lowest BCUT2D eigenvalue weighted by molar-refractivity contribution is 0.722. The van der Waals surface area contributed by atoms with Gasteiger partial charge in [-0.15, -0.1) is 0 Å². The van der Waals surface area contributed by atoms with Crippen molar-refractivity contribution in [2.75, 3.05) is 5.43 Å². The number of fused-ring (bicyclic) bond motifs is 1. The number of hydrogen-bond acceptors (Lipinski definition) is 4. The molecule has 0 amide bonds. The molecule has 1 aliphatic rings. The summed E-state index contributed by atoms with van der Waals surface area (Å²) in [7, 11) is 0. The van der Waals surface area contributed by atoms with Crippen LogP contribution in [0.25, 0.3) is 0 Å². The average Bonchev–Trinajstić information content (AvgIpc) is 2.85. The van der Waals surface area contributed by atoms with Crippen molar-refractivity contribution >= 4 is 5.82 Å². The van der Waals surface area contributed by atoms with Crippen molar-refractivity contribution in [3.05, 3.63) is 52.5 Å². The number of nitrogens with zero attached hydrogens (tertiary/aromatic N) is 2. The predicted molar refractivity (Wildman–Crippen MR) is 75.9 cm³/mol. The summed E-state index contributed by atoms with van der Waals surface area (Å²) in [5.74, 6) is 7.44. The van der Waals surface area contributed by atoms with E-state index in [2.05, 4.69) is 39.7 Å². The SMILES string of the molecule is Cc1nc(C2CCc3ccccc32)nc(NN)c1C. The molecule has 4 heteroatoms. The number of nitrogen functional groups attached to an aromatic ring is 1. The zero-order chi connectivity index (χ0) is 13.4. The standard InChI is InChI=1S/C15H18N4/c1-9-10(2)17-15(18-14(9)19-16)13-8-7-11-5-3-4-6-12(11)13/h3-6,13H,7-8,16H2,1-2H3,(H,17,18,19). The monoisotopic (exact) mass is 254 g/mol. The Morgan fingerprint density at radius 3 is 2.79 bits per heavy atom. The normalized spacial score (nSPS) is 17.3. The van der Waals surface area contributed by atoms with Crippen LogP contribution in [0.1, 0.15) is 40.5 Å². The molecule has 1 aliphatic carbocycles. The summed E-state index contributed by atoms with van der Waals surface area (Å²) in [5, 5.41) is 0. The Balaban J connectivity index is 2.07. The van der Waals surface area contributed by atoms with E-state index >= 15 is 0 Å². The molecule has 0 aliphatic heterocycles. The van der Waals surface area contributed by atoms with Gasteiger partial charge in [-0.2, -0.15) is 0 Å². The van der Waals surface area contributed by atoms with Crippen LogP contribution in [-0.4, -0.2) is 9.97 Å². The molecule has 0 radical (unpaired) electrons. The molecule has 3 rings (SSSR count). The van der Waals surface area contributed by atoms with Gasteiger partial charge in [-0.3, -0.25) is 0 Å². The van der Waals surface area contributed by atoms with Crippen LogP contribution in [0.4, 0.5) is 5.82 Å². The molecule has 1 aromatic heterocycles. The molecule has 4 nitrogen and oxygen atoms in total. The quantitative estimate of drug-likeness (QED) is 0.638. The largest absolute Gasteiger partial charge is 0.308 e. The lowest BCUT2D eigenvalue weighted by Gasteiger charge is -2.14. The van der Waals surface area contributed by atoms with Crippen LogP contribution < -0.4 is 11.3 Å². The molecule has 19 heavy (non-hydrogen) atoms. The van der Waals surface area contributed by atoms with E-state index < -0.39 is 0 Å². The topological polar surface area (TPSA) is 63.8 Å². The van der Waals surface area contributed by atoms with E-state index in [1.165, 1.54) is 11.1 Å². The van der Waals surface area contributed by atoms with Gasteiger partial charge in [0.05, 0.1) is 0 Å². The number of hydrazine groups is 1. The Hall–Kier alpha value is -1.94. The van der Waals surface area contributed by atoms with Crippen LogP contribution in [0.5, 0.6) is 0 Å². The minimum atomic E-state index is 0.294. The lowest BCUT2D eigenvalue weighted by Crippen LogP contribution is -2.15. The zero-order valence-electron chi connectivity index (χ0n) is 11.3. The van der Waals surface area contributed by atoms with E-state index in [0.717, 1.165) is 35.7 Å². The van der Waals surface area contributed by atoms with Crippen LogP contribution >= 0.6 is 0 Å². The molecular formula is C15H18N4. The smallest absolute Gasteiger partial charge is 0.146 e. The first kappa shape index (κ1) is 12.1. The van der Waals surface area contributed by atoms with Crippen LogP contribution in [0, 0.1) is 13.8 Å². The van der Waals surface area contributed by atoms with Crippen molar-refractivity contribution < 1.29 is 0 Å². The predicted octanol–water partition coefficient (Wildman–Crippen LogP) is 2.46. The van der Waals surface area contributed by atoms with E-state index in [9.17, 15) is 0 Å². The highest BCUT2D eigenvalue weighted by molar-refractivity contribution is 5.46. The number of benzene rings is 1. The maximum atomic E-state index is 5.54. The first-order chi connectivity index (χ1) is 9.20. The van der Waals surface area contributed by atoms with E-state index in [-0.39, 0.29) is 0 Å². The number of nitrogens with two attached hydrogens (primary N) is 1. The van der Waals surface area contributed by atoms with E-state index in [1.54, 1.807) is 0 Å². The van der Waals surface area contributed by atoms with Crippen molar-refractivity contribution in [2.45, 2.75) is 32.6 Å². The first-order valence-electron chi connectivity index (χ1n) is 6.60. The molecule has 1 atom stereocenters. The number of nitrogens with one attached hydrogen (secondary N) is 1. The summed E-state index contributed by atoms with van der Waals surface area (Å²) in [6.45, 7) is 3.99. The second kappa shape index (κ2) is 4.63. The third-order valence-electron chi connectivity index (χ3n) is 3.99. The van der Waals surface area contributed by atoms with Gasteiger partial charge in [0.2, 0.25) is 0 Å². The number of anilines is 1. The first-order valence-corrected chi connectivity index (χ1v) is 6.60. The summed E-state index contributed by atoms with van der Waals surface area (Å²) in [5.41, 5.74) is 7.44. The molecule has 1 aromatic carbocycles. The van der Waals surface area contributed by atoms with Gasteiger partial charge in [0, 0.05) is 17.2 Å². The van der Waals surface area contributed by atoms with Gasteiger partial charge >= 0.3 is 0 Å².